The van der Waals surface area contributed by atoms with Gasteiger partial charge < -0.3 is 20.1 Å². The molecule has 0 rings (SSSR count). The highest BCUT2D eigenvalue weighted by Gasteiger charge is 2.96. The molecule has 0 aromatic carbocycles. The van der Waals surface area contributed by atoms with Crippen LogP contribution in [-0.2, 0) is 29.1 Å². The van der Waals surface area contributed by atoms with E-state index in [1.807, 2.05) is 0 Å². The summed E-state index contributed by atoms with van der Waals surface area (Å²) in [6.07, 6.45) is -7.96. The first-order chi connectivity index (χ1) is 21.6. The second-order valence-electron chi connectivity index (χ2n) is 10.2. The third kappa shape index (κ3) is 8.98. The summed E-state index contributed by atoms with van der Waals surface area (Å²) in [4.78, 5) is 23.6. The van der Waals surface area contributed by atoms with E-state index in [9.17, 15) is 92.6 Å². The van der Waals surface area contributed by atoms with Crippen molar-refractivity contribution < 1.29 is 102 Å². The maximum Gasteiger partial charge on any atom is 0.460 e. The van der Waals surface area contributed by atoms with Crippen molar-refractivity contribution in [1.29, 1.82) is 0 Å². The minimum atomic E-state index is -9.02. The van der Waals surface area contributed by atoms with Gasteiger partial charge in [0.25, 0.3) is 10.0 Å². The number of alkyl halides is 17. The zero-order valence-corrected chi connectivity index (χ0v) is 25.9. The molecule has 0 aromatic rings. The van der Waals surface area contributed by atoms with Gasteiger partial charge >= 0.3 is 47.0 Å². The van der Waals surface area contributed by atoms with Crippen LogP contribution in [0.3, 0.4) is 0 Å². The lowest BCUT2D eigenvalue weighted by atomic mass is 9.91. The molecule has 2 unspecified atom stereocenters. The number of nitrogens with one attached hydrogen (secondary N) is 2. The van der Waals surface area contributed by atoms with Crippen LogP contribution in [0.2, 0.25) is 0 Å². The molecule has 0 saturated carbocycles. The Bertz CT molecular complexity index is 1250. The third-order valence-electron chi connectivity index (χ3n) is 6.08. The van der Waals surface area contributed by atoms with E-state index in [0.717, 1.165) is 6.92 Å². The smallest absolute Gasteiger partial charge is 0.377 e. The SMILES string of the molecule is CNC(C)COCCOCC(C)NC(=O)CN(CC(C)=O)S(=O)(=O)C(F)(F)C(F)(F)C(F)(F)C(F)(F)C(F)(F)C(F)(F)C(F)(F)C(F)(F)F. The van der Waals surface area contributed by atoms with Gasteiger partial charge in [0.15, 0.2) is 0 Å². The molecule has 0 fully saturated rings. The van der Waals surface area contributed by atoms with E-state index in [4.69, 9.17) is 9.47 Å². The Hall–Kier alpha value is -2.26. The largest absolute Gasteiger partial charge is 0.460 e. The van der Waals surface area contributed by atoms with Gasteiger partial charge in [0.2, 0.25) is 5.91 Å². The van der Waals surface area contributed by atoms with Crippen molar-refractivity contribution in [2.24, 2.45) is 0 Å². The molecule has 27 heteroatoms. The number of amides is 1. The third-order valence-corrected chi connectivity index (χ3v) is 7.93. The minimum absolute atomic E-state index is 0.0153. The van der Waals surface area contributed by atoms with Crippen LogP contribution in [0.4, 0.5) is 74.6 Å². The standard InChI is InChI=1S/C22H28F17N3O6S/c1-11(40-4)9-47-5-6-48-10-12(2)41-14(44)8-42(7-13(3)43)49(45,46)22(38,39)20(33,34)18(29,30)16(25,26)15(23,24)17(27,28)19(31,32)21(35,36)37/h11-12,40H,5-10H2,1-4H3,(H,41,44). The van der Waals surface area contributed by atoms with Gasteiger partial charge in [-0.25, -0.2) is 8.42 Å². The molecule has 2 atom stereocenters. The Balaban J connectivity index is 6.40. The molecule has 49 heavy (non-hydrogen) atoms. The average Bonchev–Trinajstić information content (AvgIpc) is 2.92. The molecular weight excluding hydrogens is 757 g/mol. The molecular formula is C22H28F17N3O6S. The molecule has 0 aromatic heterocycles. The Labute approximate surface area is 265 Å². The van der Waals surface area contributed by atoms with Crippen molar-refractivity contribution in [2.45, 2.75) is 79.8 Å². The van der Waals surface area contributed by atoms with Crippen LogP contribution in [0.1, 0.15) is 20.8 Å². The Morgan fingerprint density at radius 3 is 1.37 bits per heavy atom. The minimum Gasteiger partial charge on any atom is -0.377 e. The monoisotopic (exact) mass is 785 g/mol. The van der Waals surface area contributed by atoms with E-state index in [-0.39, 0.29) is 25.9 Å². The first-order valence-electron chi connectivity index (χ1n) is 12.9. The van der Waals surface area contributed by atoms with Crippen molar-refractivity contribution in [3.63, 3.8) is 0 Å². The van der Waals surface area contributed by atoms with Crippen LogP contribution in [-0.4, -0.2) is 130 Å². The number of likely N-dealkylation sites (N-methyl/N-ethyl adjacent to an activating group) is 1. The Morgan fingerprint density at radius 1 is 0.633 bits per heavy atom. The maximum atomic E-state index is 14.6. The summed E-state index contributed by atoms with van der Waals surface area (Å²) in [7, 11) is -6.23. The summed E-state index contributed by atoms with van der Waals surface area (Å²) in [6, 6.07) is -1.28. The fraction of sp³-hybridized carbons (Fsp3) is 0.909. The molecule has 0 bridgehead atoms. The molecule has 0 aliphatic heterocycles. The predicted molar refractivity (Wildman–Crippen MR) is 130 cm³/mol. The topological polar surface area (TPSA) is 114 Å². The van der Waals surface area contributed by atoms with Gasteiger partial charge in [0.1, 0.15) is 5.78 Å². The number of halogens is 17. The van der Waals surface area contributed by atoms with Crippen molar-refractivity contribution in [3.8, 4) is 0 Å². The second kappa shape index (κ2) is 15.5. The molecule has 0 aliphatic rings. The van der Waals surface area contributed by atoms with Gasteiger partial charge in [-0.2, -0.15) is 78.9 Å². The molecule has 0 heterocycles. The predicted octanol–water partition coefficient (Wildman–Crippen LogP) is 4.32. The highest BCUT2D eigenvalue weighted by Crippen LogP contribution is 2.64. The number of hydrogen-bond acceptors (Lipinski definition) is 7. The quantitative estimate of drug-likeness (QED) is 0.132. The number of sulfonamides is 1. The molecule has 0 spiro atoms. The van der Waals surface area contributed by atoms with Crippen LogP contribution >= 0.6 is 0 Å². The number of carbonyl (C=O) groups is 2. The van der Waals surface area contributed by atoms with E-state index in [0.29, 0.717) is 6.92 Å². The van der Waals surface area contributed by atoms with E-state index in [1.165, 1.54) is 0 Å². The van der Waals surface area contributed by atoms with Crippen molar-refractivity contribution in [3.05, 3.63) is 0 Å². The lowest BCUT2D eigenvalue weighted by Gasteiger charge is -2.43. The number of carbonyl (C=O) groups excluding carboxylic acids is 2. The molecule has 0 radical (unpaired) electrons. The van der Waals surface area contributed by atoms with Gasteiger partial charge in [0.05, 0.1) is 39.5 Å². The average molecular weight is 786 g/mol. The second-order valence-corrected chi connectivity index (χ2v) is 12.2. The summed E-state index contributed by atoms with van der Waals surface area (Å²) >= 11 is 0. The number of Topliss-reactive ketones (excluding diaryl/α,β-unsaturated/α-hetero) is 1. The summed E-state index contributed by atoms with van der Waals surface area (Å²) in [5.41, 5.74) is 0. The van der Waals surface area contributed by atoms with Gasteiger partial charge in [0, 0.05) is 12.1 Å². The summed E-state index contributed by atoms with van der Waals surface area (Å²) < 4.78 is 265. The van der Waals surface area contributed by atoms with Crippen LogP contribution < -0.4 is 10.6 Å². The number of hydrogen-bond donors (Lipinski definition) is 2. The summed E-state index contributed by atoms with van der Waals surface area (Å²) in [5.74, 6) is -56.1. The zero-order chi connectivity index (χ0) is 39.5. The normalized spacial score (nSPS) is 16.1. The highest BCUT2D eigenvalue weighted by atomic mass is 32.2. The Morgan fingerprint density at radius 2 is 1.00 bits per heavy atom. The first-order valence-corrected chi connectivity index (χ1v) is 14.3. The van der Waals surface area contributed by atoms with Gasteiger partial charge in [-0.1, -0.05) is 0 Å². The molecule has 9 nitrogen and oxygen atoms in total. The van der Waals surface area contributed by atoms with E-state index in [2.05, 4.69) is 5.32 Å². The van der Waals surface area contributed by atoms with E-state index >= 15 is 0 Å². The van der Waals surface area contributed by atoms with Crippen molar-refractivity contribution >= 4 is 21.7 Å². The fourth-order valence-electron chi connectivity index (χ4n) is 3.19. The van der Waals surface area contributed by atoms with E-state index < -0.39 is 98.7 Å². The lowest BCUT2D eigenvalue weighted by Crippen LogP contribution is -2.75. The van der Waals surface area contributed by atoms with Gasteiger partial charge in [-0.05, 0) is 27.8 Å². The molecule has 0 saturated heterocycles. The number of nitrogens with zero attached hydrogens (tertiary/aromatic N) is 1. The molecule has 292 valence electrons. The molecule has 1 amide bonds. The van der Waals surface area contributed by atoms with Gasteiger partial charge in [-0.3, -0.25) is 9.59 Å². The van der Waals surface area contributed by atoms with Crippen LogP contribution in [0.25, 0.3) is 0 Å². The van der Waals surface area contributed by atoms with Crippen LogP contribution in [0.15, 0.2) is 0 Å². The fourth-order valence-corrected chi connectivity index (χ4v) is 4.61. The maximum absolute atomic E-state index is 14.6. The first kappa shape index (κ1) is 46.7. The highest BCUT2D eigenvalue weighted by molar-refractivity contribution is 7.90. The number of ether oxygens (including phenoxy) is 2. The molecule has 0 aliphatic carbocycles. The number of rotatable bonds is 21. The van der Waals surface area contributed by atoms with Crippen LogP contribution in [0, 0.1) is 0 Å². The van der Waals surface area contributed by atoms with Crippen molar-refractivity contribution in [2.75, 3.05) is 46.6 Å². The van der Waals surface area contributed by atoms with Crippen molar-refractivity contribution in [1.82, 2.24) is 14.9 Å². The summed E-state index contributed by atoms with van der Waals surface area (Å²) in [6.45, 7) is -1.56. The number of ketones is 1. The lowest BCUT2D eigenvalue weighted by molar-refractivity contribution is -0.458. The molecule has 2 N–H and O–H groups in total. The summed E-state index contributed by atoms with van der Waals surface area (Å²) in [5, 5.41) is -3.28. The van der Waals surface area contributed by atoms with E-state index in [1.54, 1.807) is 19.3 Å². The van der Waals surface area contributed by atoms with Gasteiger partial charge in [-0.15, -0.1) is 0 Å². The van der Waals surface area contributed by atoms with Crippen LogP contribution in [0.5, 0.6) is 0 Å². The zero-order valence-electron chi connectivity index (χ0n) is 25.1. The Kier molecular flexibility index (Phi) is 14.8.